The smallest absolute Gasteiger partial charge is 0.144 e. The number of nitrogens with one attached hydrogen (secondary N) is 1. The van der Waals surface area contributed by atoms with E-state index in [9.17, 15) is 0 Å². The predicted molar refractivity (Wildman–Crippen MR) is 204 cm³/mol. The minimum absolute atomic E-state index is 0.195. The van der Waals surface area contributed by atoms with Gasteiger partial charge in [0, 0.05) is 39.2 Å². The first kappa shape index (κ1) is 29.2. The Bertz CT molecular complexity index is 2440. The Morgan fingerprint density at radius 3 is 2.29 bits per heavy atom. The number of benzene rings is 6. The third-order valence-corrected chi connectivity index (χ3v) is 10.6. The lowest BCUT2D eigenvalue weighted by Gasteiger charge is -2.48. The molecule has 0 saturated carbocycles. The van der Waals surface area contributed by atoms with Crippen LogP contribution in [0, 0.1) is 5.41 Å². The summed E-state index contributed by atoms with van der Waals surface area (Å²) in [6, 6.07) is 50.1. The van der Waals surface area contributed by atoms with Crippen molar-refractivity contribution >= 4 is 33.8 Å². The van der Waals surface area contributed by atoms with Gasteiger partial charge in [-0.25, -0.2) is 0 Å². The second-order valence-corrected chi connectivity index (χ2v) is 13.3. The van der Waals surface area contributed by atoms with E-state index in [1.54, 1.807) is 0 Å². The van der Waals surface area contributed by atoms with Crippen LogP contribution >= 0.6 is 0 Å². The Morgan fingerprint density at radius 2 is 1.45 bits per heavy atom. The molecule has 1 aromatic heterocycles. The van der Waals surface area contributed by atoms with Crippen LogP contribution in [0.15, 0.2) is 173 Å². The maximum absolute atomic E-state index is 6.27. The number of fused-ring (bicyclic) bond motifs is 6. The van der Waals surface area contributed by atoms with Crippen LogP contribution in [0.25, 0.3) is 44.2 Å². The average Bonchev–Trinajstić information content (AvgIpc) is 3.68. The van der Waals surface area contributed by atoms with Crippen molar-refractivity contribution in [1.82, 2.24) is 0 Å². The summed E-state index contributed by atoms with van der Waals surface area (Å²) in [7, 11) is 0. The van der Waals surface area contributed by atoms with Crippen molar-refractivity contribution in [3.63, 3.8) is 0 Å². The highest BCUT2D eigenvalue weighted by atomic mass is 16.3. The van der Waals surface area contributed by atoms with Crippen LogP contribution in [0.1, 0.15) is 35.6 Å². The molecule has 3 nitrogen and oxygen atoms in total. The number of hydrogen-bond donors (Lipinski definition) is 1. The third kappa shape index (κ3) is 4.53. The highest BCUT2D eigenvalue weighted by Crippen LogP contribution is 2.63. The minimum atomic E-state index is -0.396. The van der Waals surface area contributed by atoms with Gasteiger partial charge in [-0.05, 0) is 64.1 Å². The molecule has 0 aliphatic heterocycles. The Kier molecular flexibility index (Phi) is 6.94. The maximum atomic E-state index is 6.27. The Morgan fingerprint density at radius 1 is 0.694 bits per heavy atom. The summed E-state index contributed by atoms with van der Waals surface area (Å²) < 4.78 is 6.27. The molecule has 236 valence electrons. The van der Waals surface area contributed by atoms with E-state index in [1.807, 2.05) is 18.3 Å². The summed E-state index contributed by atoms with van der Waals surface area (Å²) in [6.07, 6.45) is 12.0. The molecule has 0 saturated heterocycles. The highest BCUT2D eigenvalue weighted by molar-refractivity contribution is 6.10. The van der Waals surface area contributed by atoms with Gasteiger partial charge in [-0.3, -0.25) is 4.99 Å². The van der Waals surface area contributed by atoms with Gasteiger partial charge in [0.05, 0.1) is 5.41 Å². The Balaban J connectivity index is 1.19. The van der Waals surface area contributed by atoms with E-state index in [4.69, 9.17) is 9.41 Å². The van der Waals surface area contributed by atoms with Crippen LogP contribution in [0.5, 0.6) is 0 Å². The van der Waals surface area contributed by atoms with Crippen molar-refractivity contribution in [2.45, 2.75) is 18.8 Å². The monoisotopic (exact) mass is 632 g/mol. The van der Waals surface area contributed by atoms with Gasteiger partial charge >= 0.3 is 0 Å². The van der Waals surface area contributed by atoms with Gasteiger partial charge in [-0.15, -0.1) is 0 Å². The van der Waals surface area contributed by atoms with E-state index in [0.717, 1.165) is 45.2 Å². The molecular weight excluding hydrogens is 597 g/mol. The molecule has 1 heterocycles. The minimum Gasteiger partial charge on any atom is -0.455 e. The number of para-hydroxylation sites is 2. The van der Waals surface area contributed by atoms with E-state index in [2.05, 4.69) is 164 Å². The number of allylic oxidation sites excluding steroid dienone is 4. The lowest BCUT2D eigenvalue weighted by atomic mass is 9.54. The standard InChI is InChI=1S/C46H36N2O/c1-45(26-13-4-14-27-45)46(34-19-7-3-8-20-34)40-24-11-9-21-35(40)39-28-38(32-16-5-2-6-17-32)42(29-41(39)46)48-31-47-30-33-18-15-23-37-36-22-10-12-25-43(36)49-44(33)37/h2-26,28-30,48H,27,31H2,1H3. The molecule has 2 atom stereocenters. The summed E-state index contributed by atoms with van der Waals surface area (Å²) in [5, 5.41) is 5.98. The van der Waals surface area contributed by atoms with Gasteiger partial charge in [0.1, 0.15) is 17.8 Å². The lowest BCUT2D eigenvalue weighted by molar-refractivity contribution is 0.293. The van der Waals surface area contributed by atoms with E-state index in [0.29, 0.717) is 6.67 Å². The fourth-order valence-corrected chi connectivity index (χ4v) is 8.42. The number of rotatable bonds is 7. The molecule has 3 heteroatoms. The molecule has 49 heavy (non-hydrogen) atoms. The van der Waals surface area contributed by atoms with Crippen LogP contribution in [0.4, 0.5) is 5.69 Å². The van der Waals surface area contributed by atoms with Crippen LogP contribution < -0.4 is 5.32 Å². The number of anilines is 1. The highest BCUT2D eigenvalue weighted by Gasteiger charge is 2.55. The van der Waals surface area contributed by atoms with Gasteiger partial charge in [0.2, 0.25) is 0 Å². The average molecular weight is 633 g/mol. The second kappa shape index (κ2) is 11.6. The molecule has 6 aromatic carbocycles. The lowest BCUT2D eigenvalue weighted by Crippen LogP contribution is -2.43. The fourth-order valence-electron chi connectivity index (χ4n) is 8.42. The fraction of sp³-hybridized carbons (Fsp3) is 0.109. The van der Waals surface area contributed by atoms with Crippen molar-refractivity contribution in [2.24, 2.45) is 10.4 Å². The molecule has 0 fully saturated rings. The molecule has 0 bridgehead atoms. The molecule has 1 N–H and O–H groups in total. The summed E-state index contributed by atoms with van der Waals surface area (Å²) in [5.74, 6) is 0. The van der Waals surface area contributed by atoms with Crippen molar-refractivity contribution in [1.29, 1.82) is 0 Å². The summed E-state index contributed by atoms with van der Waals surface area (Å²) in [4.78, 5) is 4.91. The second-order valence-electron chi connectivity index (χ2n) is 13.3. The SMILES string of the molecule is CC1(C2(c3ccccc3)c3ccccc3-c3cc(-c4ccccc4)c(NCN=Cc4cccc5c4oc4ccccc45)cc32)C=CC=CC1. The molecule has 9 rings (SSSR count). The first-order valence-corrected chi connectivity index (χ1v) is 17.1. The zero-order chi connectivity index (χ0) is 32.8. The third-order valence-electron chi connectivity index (χ3n) is 10.6. The normalized spacial score (nSPS) is 19.4. The number of furan rings is 1. The van der Waals surface area contributed by atoms with E-state index >= 15 is 0 Å². The first-order chi connectivity index (χ1) is 24.2. The van der Waals surface area contributed by atoms with Gasteiger partial charge in [-0.1, -0.05) is 146 Å². The summed E-state index contributed by atoms with van der Waals surface area (Å²) in [5.41, 5.74) is 12.1. The molecule has 2 unspecified atom stereocenters. The number of aliphatic imine (C=N–C) groups is 1. The number of hydrogen-bond acceptors (Lipinski definition) is 3. The van der Waals surface area contributed by atoms with E-state index < -0.39 is 5.41 Å². The largest absolute Gasteiger partial charge is 0.455 e. The van der Waals surface area contributed by atoms with Crippen molar-refractivity contribution in [3.05, 3.63) is 186 Å². The molecule has 0 radical (unpaired) electrons. The summed E-state index contributed by atoms with van der Waals surface area (Å²) in [6.45, 7) is 2.84. The van der Waals surface area contributed by atoms with E-state index in [-0.39, 0.29) is 5.41 Å². The number of nitrogens with zero attached hydrogens (tertiary/aromatic N) is 1. The van der Waals surface area contributed by atoms with Crippen LogP contribution in [-0.4, -0.2) is 12.9 Å². The van der Waals surface area contributed by atoms with Gasteiger partial charge in [0.15, 0.2) is 0 Å². The maximum Gasteiger partial charge on any atom is 0.144 e. The van der Waals surface area contributed by atoms with Gasteiger partial charge in [0.25, 0.3) is 0 Å². The molecule has 7 aromatic rings. The van der Waals surface area contributed by atoms with Crippen molar-refractivity contribution in [2.75, 3.05) is 12.0 Å². The topological polar surface area (TPSA) is 37.5 Å². The van der Waals surface area contributed by atoms with Crippen molar-refractivity contribution in [3.8, 4) is 22.3 Å². The van der Waals surface area contributed by atoms with Gasteiger partial charge in [-0.2, -0.15) is 0 Å². The first-order valence-electron chi connectivity index (χ1n) is 17.1. The van der Waals surface area contributed by atoms with Crippen LogP contribution in [0.2, 0.25) is 0 Å². The molecular formula is C46H36N2O. The zero-order valence-electron chi connectivity index (χ0n) is 27.4. The summed E-state index contributed by atoms with van der Waals surface area (Å²) >= 11 is 0. The van der Waals surface area contributed by atoms with Crippen LogP contribution in [-0.2, 0) is 5.41 Å². The molecule has 0 spiro atoms. The van der Waals surface area contributed by atoms with Crippen LogP contribution in [0.3, 0.4) is 0 Å². The predicted octanol–water partition coefficient (Wildman–Crippen LogP) is 11.6. The van der Waals surface area contributed by atoms with E-state index in [1.165, 1.54) is 33.4 Å². The molecule has 0 amide bonds. The Hall–Kier alpha value is -5.93. The quantitative estimate of drug-likeness (QED) is 0.178. The zero-order valence-corrected chi connectivity index (χ0v) is 27.4. The Labute approximate surface area is 287 Å². The van der Waals surface area contributed by atoms with Gasteiger partial charge < -0.3 is 9.73 Å². The molecule has 2 aliphatic rings. The molecule has 2 aliphatic carbocycles. The van der Waals surface area contributed by atoms with Crippen molar-refractivity contribution < 1.29 is 4.42 Å².